The van der Waals surface area contributed by atoms with Crippen LogP contribution in [0.15, 0.2) is 68.4 Å². The first kappa shape index (κ1) is 12.2. The third kappa shape index (κ3) is 2.75. The van der Waals surface area contributed by atoms with Gasteiger partial charge in [0.15, 0.2) is 0 Å². The fourth-order valence-electron chi connectivity index (χ4n) is 1.75. The van der Waals surface area contributed by atoms with Crippen LogP contribution in [-0.4, -0.2) is 4.98 Å². The van der Waals surface area contributed by atoms with E-state index in [0.29, 0.717) is 17.4 Å². The predicted molar refractivity (Wildman–Crippen MR) is 75.8 cm³/mol. The average Bonchev–Trinajstić information content (AvgIpc) is 2.99. The SMILES string of the molecule is O=c1cc(/C=C/c2ccco2)oc(-c2ccccc2)n1. The number of benzene rings is 1. The number of hydrogen-bond donors (Lipinski definition) is 0. The van der Waals surface area contributed by atoms with Crippen LogP contribution in [0.5, 0.6) is 0 Å². The van der Waals surface area contributed by atoms with Crippen LogP contribution in [0.3, 0.4) is 0 Å². The molecule has 0 spiro atoms. The van der Waals surface area contributed by atoms with E-state index >= 15 is 0 Å². The molecule has 20 heavy (non-hydrogen) atoms. The molecule has 0 N–H and O–H groups in total. The van der Waals surface area contributed by atoms with Crippen LogP contribution in [-0.2, 0) is 0 Å². The summed E-state index contributed by atoms with van der Waals surface area (Å²) in [6.45, 7) is 0. The van der Waals surface area contributed by atoms with Crippen LogP contribution in [0, 0.1) is 0 Å². The van der Waals surface area contributed by atoms with Crippen molar-refractivity contribution >= 4 is 12.2 Å². The summed E-state index contributed by atoms with van der Waals surface area (Å²) < 4.78 is 10.8. The molecule has 3 rings (SSSR count). The molecule has 0 amide bonds. The van der Waals surface area contributed by atoms with Crippen molar-refractivity contribution in [2.24, 2.45) is 0 Å². The average molecular weight is 265 g/mol. The van der Waals surface area contributed by atoms with E-state index in [2.05, 4.69) is 4.98 Å². The summed E-state index contributed by atoms with van der Waals surface area (Å²) in [4.78, 5) is 15.5. The smallest absolute Gasteiger partial charge is 0.276 e. The maximum atomic E-state index is 11.6. The number of rotatable bonds is 3. The highest BCUT2D eigenvalue weighted by Crippen LogP contribution is 2.17. The molecule has 0 radical (unpaired) electrons. The van der Waals surface area contributed by atoms with Crippen molar-refractivity contribution in [3.63, 3.8) is 0 Å². The van der Waals surface area contributed by atoms with Gasteiger partial charge in [-0.2, -0.15) is 4.98 Å². The lowest BCUT2D eigenvalue weighted by atomic mass is 10.2. The van der Waals surface area contributed by atoms with Crippen LogP contribution >= 0.6 is 0 Å². The van der Waals surface area contributed by atoms with Gasteiger partial charge in [0.2, 0.25) is 5.89 Å². The summed E-state index contributed by atoms with van der Waals surface area (Å²) in [6, 6.07) is 14.2. The Bertz CT molecular complexity index is 771. The summed E-state index contributed by atoms with van der Waals surface area (Å²) >= 11 is 0. The highest BCUT2D eigenvalue weighted by molar-refractivity contribution is 5.65. The van der Waals surface area contributed by atoms with Crippen molar-refractivity contribution in [2.45, 2.75) is 0 Å². The molecule has 0 aliphatic carbocycles. The largest absolute Gasteiger partial charge is 0.465 e. The third-order valence-corrected chi connectivity index (χ3v) is 2.67. The van der Waals surface area contributed by atoms with Gasteiger partial charge in [0.25, 0.3) is 5.56 Å². The Hall–Kier alpha value is -2.88. The van der Waals surface area contributed by atoms with E-state index in [0.717, 1.165) is 5.56 Å². The monoisotopic (exact) mass is 265 g/mol. The van der Waals surface area contributed by atoms with E-state index in [1.54, 1.807) is 24.5 Å². The minimum Gasteiger partial charge on any atom is -0.465 e. The van der Waals surface area contributed by atoms with E-state index in [9.17, 15) is 4.79 Å². The second-order valence-corrected chi connectivity index (χ2v) is 4.12. The highest BCUT2D eigenvalue weighted by atomic mass is 16.3. The van der Waals surface area contributed by atoms with Gasteiger partial charge in [-0.15, -0.1) is 0 Å². The lowest BCUT2D eigenvalue weighted by Gasteiger charge is -2.00. The Morgan fingerprint density at radius 1 is 0.950 bits per heavy atom. The molecule has 0 atom stereocenters. The van der Waals surface area contributed by atoms with Crippen LogP contribution in [0.2, 0.25) is 0 Å². The minimum atomic E-state index is -0.339. The van der Waals surface area contributed by atoms with Crippen LogP contribution in [0.4, 0.5) is 0 Å². The fraction of sp³-hybridized carbons (Fsp3) is 0. The first-order valence-corrected chi connectivity index (χ1v) is 6.10. The molecule has 0 aliphatic rings. The van der Waals surface area contributed by atoms with Crippen LogP contribution in [0.1, 0.15) is 11.5 Å². The maximum absolute atomic E-state index is 11.6. The Morgan fingerprint density at radius 3 is 2.50 bits per heavy atom. The van der Waals surface area contributed by atoms with Gasteiger partial charge in [-0.25, -0.2) is 0 Å². The highest BCUT2D eigenvalue weighted by Gasteiger charge is 2.04. The molecule has 98 valence electrons. The molecule has 0 aliphatic heterocycles. The second kappa shape index (κ2) is 5.40. The topological polar surface area (TPSA) is 56.2 Å². The third-order valence-electron chi connectivity index (χ3n) is 2.67. The van der Waals surface area contributed by atoms with Crippen molar-refractivity contribution in [1.82, 2.24) is 4.98 Å². The molecule has 4 nitrogen and oxygen atoms in total. The fourth-order valence-corrected chi connectivity index (χ4v) is 1.75. The molecule has 0 fully saturated rings. The maximum Gasteiger partial charge on any atom is 0.276 e. The van der Waals surface area contributed by atoms with E-state index in [4.69, 9.17) is 8.83 Å². The Kier molecular flexibility index (Phi) is 3.29. The summed E-state index contributed by atoms with van der Waals surface area (Å²) in [6.07, 6.45) is 4.99. The van der Waals surface area contributed by atoms with Crippen molar-refractivity contribution in [1.29, 1.82) is 0 Å². The zero-order valence-electron chi connectivity index (χ0n) is 10.5. The Labute approximate surface area is 115 Å². The van der Waals surface area contributed by atoms with Crippen molar-refractivity contribution in [2.75, 3.05) is 0 Å². The molecule has 0 unspecified atom stereocenters. The zero-order chi connectivity index (χ0) is 13.8. The van der Waals surface area contributed by atoms with Gasteiger partial charge in [-0.05, 0) is 36.4 Å². The lowest BCUT2D eigenvalue weighted by molar-refractivity contribution is 0.531. The van der Waals surface area contributed by atoms with E-state index in [1.165, 1.54) is 6.07 Å². The van der Waals surface area contributed by atoms with Gasteiger partial charge < -0.3 is 8.83 Å². The summed E-state index contributed by atoms with van der Waals surface area (Å²) in [5.74, 6) is 1.42. The number of nitrogens with zero attached hydrogens (tertiary/aromatic N) is 1. The Balaban J connectivity index is 1.97. The zero-order valence-corrected chi connectivity index (χ0v) is 10.5. The van der Waals surface area contributed by atoms with Gasteiger partial charge in [0.1, 0.15) is 11.5 Å². The molecular weight excluding hydrogens is 254 g/mol. The number of aromatic nitrogens is 1. The minimum absolute atomic E-state index is 0.303. The van der Waals surface area contributed by atoms with Gasteiger partial charge in [-0.3, -0.25) is 4.79 Å². The van der Waals surface area contributed by atoms with Gasteiger partial charge in [0, 0.05) is 11.6 Å². The Morgan fingerprint density at radius 2 is 1.75 bits per heavy atom. The lowest BCUT2D eigenvalue weighted by Crippen LogP contribution is -2.05. The van der Waals surface area contributed by atoms with E-state index < -0.39 is 0 Å². The molecule has 0 saturated heterocycles. The van der Waals surface area contributed by atoms with Crippen molar-refractivity contribution < 1.29 is 8.83 Å². The molecule has 3 aromatic rings. The van der Waals surface area contributed by atoms with Crippen LogP contribution < -0.4 is 5.56 Å². The van der Waals surface area contributed by atoms with Gasteiger partial charge >= 0.3 is 0 Å². The first-order chi connectivity index (χ1) is 9.81. The van der Waals surface area contributed by atoms with Gasteiger partial charge in [0.05, 0.1) is 6.26 Å². The molecular formula is C16H11NO3. The summed E-state index contributed by atoms with van der Waals surface area (Å²) in [7, 11) is 0. The predicted octanol–water partition coefficient (Wildman–Crippen LogP) is 3.47. The van der Waals surface area contributed by atoms with E-state index in [-0.39, 0.29) is 5.56 Å². The van der Waals surface area contributed by atoms with E-state index in [1.807, 2.05) is 36.4 Å². The first-order valence-electron chi connectivity index (χ1n) is 6.10. The van der Waals surface area contributed by atoms with Crippen LogP contribution in [0.25, 0.3) is 23.6 Å². The quantitative estimate of drug-likeness (QED) is 0.727. The van der Waals surface area contributed by atoms with Crippen molar-refractivity contribution in [3.05, 3.63) is 76.7 Å². The molecule has 0 bridgehead atoms. The number of furan rings is 1. The second-order valence-electron chi connectivity index (χ2n) is 4.12. The molecule has 1 aromatic carbocycles. The molecule has 4 heteroatoms. The molecule has 0 saturated carbocycles. The molecule has 2 aromatic heterocycles. The number of hydrogen-bond acceptors (Lipinski definition) is 4. The summed E-state index contributed by atoms with van der Waals surface area (Å²) in [5, 5.41) is 0. The normalized spacial score (nSPS) is 11.0. The van der Waals surface area contributed by atoms with Gasteiger partial charge in [-0.1, -0.05) is 18.2 Å². The standard InChI is InChI=1S/C16H11NO3/c18-15-11-14(9-8-13-7-4-10-19-13)20-16(17-15)12-5-2-1-3-6-12/h1-11H/b9-8+. The summed E-state index contributed by atoms with van der Waals surface area (Å²) in [5.41, 5.74) is 0.423. The van der Waals surface area contributed by atoms with Crippen molar-refractivity contribution in [3.8, 4) is 11.5 Å². The molecule has 2 heterocycles.